The highest BCUT2D eigenvalue weighted by Gasteiger charge is 2.38. The van der Waals surface area contributed by atoms with E-state index in [1.54, 1.807) is 9.80 Å². The summed E-state index contributed by atoms with van der Waals surface area (Å²) in [4.78, 5) is 43.7. The molecule has 4 aromatic rings. The minimum absolute atomic E-state index is 0.0652. The Kier molecular flexibility index (Phi) is 8.14. The van der Waals surface area contributed by atoms with Crippen molar-refractivity contribution < 1.29 is 31.8 Å². The molecule has 0 unspecified atom stereocenters. The normalized spacial score (nSPS) is 18.1. The summed E-state index contributed by atoms with van der Waals surface area (Å²) in [5, 5.41) is 0.129. The van der Waals surface area contributed by atoms with Crippen molar-refractivity contribution in [2.45, 2.75) is 51.9 Å². The first-order valence-corrected chi connectivity index (χ1v) is 15.1. The summed E-state index contributed by atoms with van der Waals surface area (Å²) in [6.07, 6.45) is -2.09. The first kappa shape index (κ1) is 32.0. The van der Waals surface area contributed by atoms with Crippen molar-refractivity contribution in [2.75, 3.05) is 31.2 Å². The van der Waals surface area contributed by atoms with E-state index in [0.29, 0.717) is 5.69 Å². The van der Waals surface area contributed by atoms with Crippen LogP contribution in [-0.2, 0) is 11.0 Å². The summed E-state index contributed by atoms with van der Waals surface area (Å²) >= 11 is 0. The molecule has 14 heteroatoms. The molecule has 2 aliphatic heterocycles. The third-order valence-electron chi connectivity index (χ3n) is 8.37. The number of amides is 1. The average molecular weight is 653 g/mol. The van der Waals surface area contributed by atoms with Gasteiger partial charge >= 0.3 is 11.9 Å². The molecule has 0 saturated carbocycles. The van der Waals surface area contributed by atoms with Crippen LogP contribution in [0.25, 0.3) is 28.0 Å². The molecule has 5 heterocycles. The summed E-state index contributed by atoms with van der Waals surface area (Å²) in [7, 11) is 0. The van der Waals surface area contributed by atoms with Crippen LogP contribution < -0.4 is 20.1 Å². The van der Waals surface area contributed by atoms with Gasteiger partial charge in [-0.2, -0.15) is 18.2 Å². The highest BCUT2D eigenvalue weighted by Crippen LogP contribution is 2.44. The second kappa shape index (κ2) is 12.0. The fourth-order valence-corrected chi connectivity index (χ4v) is 6.17. The van der Waals surface area contributed by atoms with Gasteiger partial charge in [-0.05, 0) is 44.0 Å². The summed E-state index contributed by atoms with van der Waals surface area (Å²) in [6.45, 7) is 11.0. The Bertz CT molecular complexity index is 1960. The number of benzene rings is 1. The Morgan fingerprint density at radius 2 is 1.83 bits per heavy atom. The van der Waals surface area contributed by atoms with Crippen LogP contribution in [0.2, 0.25) is 0 Å². The molecular weight excluding hydrogens is 620 g/mol. The van der Waals surface area contributed by atoms with Gasteiger partial charge in [0.2, 0.25) is 5.91 Å². The number of aromatic nitrogens is 4. The van der Waals surface area contributed by atoms with Crippen molar-refractivity contribution in [3.8, 4) is 28.4 Å². The Hall–Kier alpha value is -5.01. The lowest BCUT2D eigenvalue weighted by Crippen LogP contribution is -2.58. The Labute approximate surface area is 267 Å². The average Bonchev–Trinajstić information content (AvgIpc) is 3.02. The minimum Gasteiger partial charge on any atom is -0.489 e. The van der Waals surface area contributed by atoms with E-state index in [1.807, 2.05) is 27.7 Å². The molecular formula is C33H32F4N6O4. The molecule has 47 heavy (non-hydrogen) atoms. The highest BCUT2D eigenvalue weighted by molar-refractivity contribution is 5.92. The summed E-state index contributed by atoms with van der Waals surface area (Å²) in [5.74, 6) is -1.71. The molecule has 1 amide bonds. The van der Waals surface area contributed by atoms with Crippen LogP contribution in [0.4, 0.5) is 23.4 Å². The van der Waals surface area contributed by atoms with Gasteiger partial charge in [0.05, 0.1) is 16.6 Å². The fraction of sp³-hybridized carbons (Fsp3) is 0.364. The first-order valence-electron chi connectivity index (χ1n) is 15.1. The quantitative estimate of drug-likeness (QED) is 0.211. The van der Waals surface area contributed by atoms with Crippen LogP contribution in [0.3, 0.4) is 0 Å². The maximum atomic E-state index is 16.3. The number of alkyl halides is 3. The molecule has 2 bridgehead atoms. The summed E-state index contributed by atoms with van der Waals surface area (Å²) in [5.41, 5.74) is -1.94. The molecule has 6 rings (SSSR count). The molecule has 1 fully saturated rings. The lowest BCUT2D eigenvalue weighted by Gasteiger charge is -2.44. The predicted octanol–water partition coefficient (Wildman–Crippen LogP) is 5.51. The molecule has 1 aromatic carbocycles. The van der Waals surface area contributed by atoms with Gasteiger partial charge in [-0.25, -0.2) is 18.7 Å². The number of ether oxygens (including phenoxy) is 2. The van der Waals surface area contributed by atoms with Crippen molar-refractivity contribution in [1.82, 2.24) is 24.4 Å². The zero-order valence-corrected chi connectivity index (χ0v) is 26.1. The molecule has 0 N–H and O–H groups in total. The van der Waals surface area contributed by atoms with Crippen LogP contribution in [0.1, 0.15) is 44.9 Å². The number of piperazine rings is 1. The van der Waals surface area contributed by atoms with E-state index >= 15 is 4.39 Å². The van der Waals surface area contributed by atoms with Gasteiger partial charge < -0.3 is 19.3 Å². The Morgan fingerprint density at radius 3 is 2.53 bits per heavy atom. The molecule has 10 nitrogen and oxygen atoms in total. The highest BCUT2D eigenvalue weighted by atomic mass is 19.4. The van der Waals surface area contributed by atoms with E-state index in [1.165, 1.54) is 29.0 Å². The second-order valence-electron chi connectivity index (χ2n) is 11.9. The molecule has 0 spiro atoms. The third kappa shape index (κ3) is 5.55. The molecule has 3 aromatic heterocycles. The number of para-hydroxylation sites is 1. The summed E-state index contributed by atoms with van der Waals surface area (Å²) < 4.78 is 71.6. The van der Waals surface area contributed by atoms with E-state index in [-0.39, 0.29) is 84.1 Å². The van der Waals surface area contributed by atoms with E-state index < -0.39 is 34.7 Å². The minimum atomic E-state index is -4.82. The van der Waals surface area contributed by atoms with E-state index in [9.17, 15) is 22.8 Å². The van der Waals surface area contributed by atoms with Gasteiger partial charge in [0.25, 0.3) is 0 Å². The van der Waals surface area contributed by atoms with Crippen molar-refractivity contribution in [3.63, 3.8) is 0 Å². The van der Waals surface area contributed by atoms with Gasteiger partial charge in [0, 0.05) is 43.0 Å². The molecule has 0 aliphatic carbocycles. The maximum Gasteiger partial charge on any atom is 0.419 e. The first-order chi connectivity index (χ1) is 22.3. The Morgan fingerprint density at radius 1 is 1.09 bits per heavy atom. The Balaban J connectivity index is 1.70. The third-order valence-corrected chi connectivity index (χ3v) is 8.37. The van der Waals surface area contributed by atoms with E-state index in [4.69, 9.17) is 9.47 Å². The number of pyridine rings is 2. The van der Waals surface area contributed by atoms with E-state index in [0.717, 1.165) is 18.2 Å². The van der Waals surface area contributed by atoms with Gasteiger partial charge in [-0.1, -0.05) is 26.5 Å². The molecule has 246 valence electrons. The zero-order chi connectivity index (χ0) is 33.8. The topological polar surface area (TPSA) is 103 Å². The lowest BCUT2D eigenvalue weighted by atomic mass is 10.0. The van der Waals surface area contributed by atoms with Crippen LogP contribution in [0.15, 0.2) is 54.0 Å². The second-order valence-corrected chi connectivity index (χ2v) is 11.9. The lowest BCUT2D eigenvalue weighted by molar-refractivity contribution is -0.139. The molecule has 1 saturated heterocycles. The number of anilines is 1. The van der Waals surface area contributed by atoms with Crippen LogP contribution >= 0.6 is 0 Å². The van der Waals surface area contributed by atoms with Crippen molar-refractivity contribution in [2.24, 2.45) is 0 Å². The fourth-order valence-electron chi connectivity index (χ4n) is 6.17. The van der Waals surface area contributed by atoms with Gasteiger partial charge in [-0.3, -0.25) is 9.78 Å². The predicted molar refractivity (Wildman–Crippen MR) is 167 cm³/mol. The summed E-state index contributed by atoms with van der Waals surface area (Å²) in [6, 6.07) is 5.25. The largest absolute Gasteiger partial charge is 0.489 e. The van der Waals surface area contributed by atoms with Crippen molar-refractivity contribution >= 4 is 22.8 Å². The smallest absolute Gasteiger partial charge is 0.419 e. The van der Waals surface area contributed by atoms with Crippen molar-refractivity contribution in [3.05, 3.63) is 76.7 Å². The number of carbonyl (C=O) groups excluding carboxylic acids is 1. The SMILES string of the molecule is C=CC(=O)N1C[C@H](C)N(c2nc(=O)n3c4nc(c(F)cc24)-c2cccc(C(F)(F)F)c2OCCOc2ccnc(C(C)C)c2-3)C[C@H]1C. The molecule has 2 aliphatic rings. The van der Waals surface area contributed by atoms with Crippen LogP contribution in [-0.4, -0.2) is 68.7 Å². The van der Waals surface area contributed by atoms with Crippen molar-refractivity contribution in [1.29, 1.82) is 0 Å². The van der Waals surface area contributed by atoms with E-state index in [2.05, 4.69) is 21.5 Å². The van der Waals surface area contributed by atoms with Crippen LogP contribution in [0, 0.1) is 5.82 Å². The van der Waals surface area contributed by atoms with Crippen LogP contribution in [0.5, 0.6) is 11.5 Å². The standard InChI is InChI=1S/C33H32F4N6O4/c1-6-25(44)41-15-19(5)42(16-18(41)4)30-21-14-23(34)27-20-8-7-9-22(33(35,36)37)29(20)47-13-12-46-24-10-11-38-26(17(2)3)28(24)43(31(21)39-27)32(45)40-30/h6-11,14,17-19H,1,12-13,15-16H2,2-5H3/t18-,19+/m1/s1. The number of hydrogen-bond acceptors (Lipinski definition) is 8. The monoisotopic (exact) mass is 652 g/mol. The number of nitrogens with zero attached hydrogens (tertiary/aromatic N) is 6. The van der Waals surface area contributed by atoms with Gasteiger partial charge in [-0.15, -0.1) is 0 Å². The number of fused-ring (bicyclic) bond motifs is 5. The number of halogens is 4. The number of rotatable bonds is 3. The number of carbonyl (C=O) groups is 1. The zero-order valence-electron chi connectivity index (χ0n) is 26.1. The van der Waals surface area contributed by atoms with Gasteiger partial charge in [0.15, 0.2) is 11.5 Å². The number of hydrogen-bond donors (Lipinski definition) is 0. The van der Waals surface area contributed by atoms with Gasteiger partial charge in [0.1, 0.15) is 41.9 Å². The molecule has 2 atom stereocenters. The maximum absolute atomic E-state index is 16.3. The molecule has 0 radical (unpaired) electrons.